The molecule has 2 aromatic carbocycles. The lowest BCUT2D eigenvalue weighted by Gasteiger charge is -2.05. The van der Waals surface area contributed by atoms with Crippen molar-refractivity contribution in [2.24, 2.45) is 0 Å². The third kappa shape index (κ3) is 1.99. The summed E-state index contributed by atoms with van der Waals surface area (Å²) in [7, 11) is 0. The molecule has 0 bridgehead atoms. The van der Waals surface area contributed by atoms with Gasteiger partial charge in [0.05, 0.1) is 5.56 Å². The van der Waals surface area contributed by atoms with Crippen molar-refractivity contribution in [2.45, 2.75) is 6.92 Å². The summed E-state index contributed by atoms with van der Waals surface area (Å²) in [5.41, 5.74) is 1.08. The van der Waals surface area contributed by atoms with Gasteiger partial charge in [0.25, 0.3) is 0 Å². The van der Waals surface area contributed by atoms with Crippen molar-refractivity contribution in [3.63, 3.8) is 0 Å². The molecule has 3 heteroatoms. The van der Waals surface area contributed by atoms with E-state index in [1.807, 2.05) is 49.4 Å². The third-order valence-electron chi connectivity index (χ3n) is 3.12. The van der Waals surface area contributed by atoms with Gasteiger partial charge in [0, 0.05) is 5.56 Å². The van der Waals surface area contributed by atoms with Crippen molar-refractivity contribution < 1.29 is 14.3 Å². The van der Waals surface area contributed by atoms with Crippen LogP contribution in [0.1, 0.15) is 16.1 Å². The molecule has 0 aliphatic rings. The fourth-order valence-electron chi connectivity index (χ4n) is 2.22. The van der Waals surface area contributed by atoms with E-state index in [1.54, 1.807) is 6.07 Å². The SMILES string of the molecule is Cc1ccc(-c2cc(C(=O)O)c3ccccc3c2)o1. The zero-order valence-electron chi connectivity index (χ0n) is 10.4. The molecule has 0 aliphatic heterocycles. The highest BCUT2D eigenvalue weighted by Crippen LogP contribution is 2.29. The van der Waals surface area contributed by atoms with Crippen LogP contribution >= 0.6 is 0 Å². The minimum Gasteiger partial charge on any atom is -0.478 e. The molecule has 3 nitrogen and oxygen atoms in total. The van der Waals surface area contributed by atoms with Crippen LogP contribution in [0.5, 0.6) is 0 Å². The largest absolute Gasteiger partial charge is 0.478 e. The van der Waals surface area contributed by atoms with Crippen LogP contribution in [0.3, 0.4) is 0 Å². The number of carboxylic acids is 1. The molecule has 0 aliphatic carbocycles. The van der Waals surface area contributed by atoms with Crippen molar-refractivity contribution in [3.8, 4) is 11.3 Å². The Hall–Kier alpha value is -2.55. The van der Waals surface area contributed by atoms with Gasteiger partial charge in [0.15, 0.2) is 0 Å². The lowest BCUT2D eigenvalue weighted by Crippen LogP contribution is -1.98. The van der Waals surface area contributed by atoms with E-state index >= 15 is 0 Å². The van der Waals surface area contributed by atoms with Gasteiger partial charge in [0.2, 0.25) is 0 Å². The van der Waals surface area contributed by atoms with Crippen molar-refractivity contribution in [1.29, 1.82) is 0 Å². The molecule has 3 rings (SSSR count). The van der Waals surface area contributed by atoms with Gasteiger partial charge < -0.3 is 9.52 Å². The van der Waals surface area contributed by atoms with Gasteiger partial charge >= 0.3 is 5.97 Å². The van der Waals surface area contributed by atoms with Gasteiger partial charge in [-0.25, -0.2) is 4.79 Å². The highest BCUT2D eigenvalue weighted by molar-refractivity contribution is 6.05. The zero-order chi connectivity index (χ0) is 13.4. The van der Waals surface area contributed by atoms with E-state index in [0.717, 1.165) is 22.1 Å². The normalized spacial score (nSPS) is 10.8. The predicted molar refractivity (Wildman–Crippen MR) is 73.3 cm³/mol. The number of furan rings is 1. The summed E-state index contributed by atoms with van der Waals surface area (Å²) in [6.07, 6.45) is 0. The Labute approximate surface area is 110 Å². The molecule has 0 amide bonds. The molecular formula is C16H12O3. The van der Waals surface area contributed by atoms with E-state index in [9.17, 15) is 9.90 Å². The van der Waals surface area contributed by atoms with Crippen molar-refractivity contribution in [2.75, 3.05) is 0 Å². The minimum atomic E-state index is -0.929. The number of rotatable bonds is 2. The predicted octanol–water partition coefficient (Wildman–Crippen LogP) is 4.11. The summed E-state index contributed by atoms with van der Waals surface area (Å²) in [6, 6.07) is 14.8. The molecule has 0 saturated heterocycles. The Morgan fingerprint density at radius 2 is 1.89 bits per heavy atom. The van der Waals surface area contributed by atoms with Gasteiger partial charge in [-0.15, -0.1) is 0 Å². The van der Waals surface area contributed by atoms with E-state index in [-0.39, 0.29) is 0 Å². The van der Waals surface area contributed by atoms with Crippen LogP contribution in [0, 0.1) is 6.92 Å². The van der Waals surface area contributed by atoms with Crippen LogP contribution in [0.4, 0.5) is 0 Å². The van der Waals surface area contributed by atoms with Gasteiger partial charge in [-0.3, -0.25) is 0 Å². The first-order valence-electron chi connectivity index (χ1n) is 5.98. The van der Waals surface area contributed by atoms with Crippen LogP contribution in [0.25, 0.3) is 22.1 Å². The second kappa shape index (κ2) is 4.28. The summed E-state index contributed by atoms with van der Waals surface area (Å²) in [5, 5.41) is 11.0. The van der Waals surface area contributed by atoms with E-state index in [4.69, 9.17) is 4.42 Å². The summed E-state index contributed by atoms with van der Waals surface area (Å²) in [4.78, 5) is 11.4. The quantitative estimate of drug-likeness (QED) is 0.746. The highest BCUT2D eigenvalue weighted by Gasteiger charge is 2.12. The Balaban J connectivity index is 2.30. The van der Waals surface area contributed by atoms with Gasteiger partial charge in [-0.05, 0) is 42.0 Å². The average Bonchev–Trinajstić information content (AvgIpc) is 2.84. The van der Waals surface area contributed by atoms with Crippen LogP contribution in [-0.4, -0.2) is 11.1 Å². The first-order valence-corrected chi connectivity index (χ1v) is 5.98. The number of aromatic carboxylic acids is 1. The fourth-order valence-corrected chi connectivity index (χ4v) is 2.22. The monoisotopic (exact) mass is 252 g/mol. The molecule has 0 fully saturated rings. The second-order valence-corrected chi connectivity index (χ2v) is 4.46. The summed E-state index contributed by atoms with van der Waals surface area (Å²) >= 11 is 0. The van der Waals surface area contributed by atoms with E-state index in [0.29, 0.717) is 11.3 Å². The highest BCUT2D eigenvalue weighted by atomic mass is 16.4. The zero-order valence-corrected chi connectivity index (χ0v) is 10.4. The van der Waals surface area contributed by atoms with Crippen LogP contribution in [0.15, 0.2) is 52.9 Å². The van der Waals surface area contributed by atoms with Gasteiger partial charge in [-0.1, -0.05) is 24.3 Å². The molecule has 0 atom stereocenters. The molecule has 3 aromatic rings. The molecule has 1 N–H and O–H groups in total. The fraction of sp³-hybridized carbons (Fsp3) is 0.0625. The molecule has 94 valence electrons. The van der Waals surface area contributed by atoms with Crippen molar-refractivity contribution in [1.82, 2.24) is 0 Å². The molecule has 0 radical (unpaired) electrons. The molecular weight excluding hydrogens is 240 g/mol. The second-order valence-electron chi connectivity index (χ2n) is 4.46. The number of aryl methyl sites for hydroxylation is 1. The summed E-state index contributed by atoms with van der Waals surface area (Å²) in [5.74, 6) is 0.562. The summed E-state index contributed by atoms with van der Waals surface area (Å²) < 4.78 is 5.56. The maximum absolute atomic E-state index is 11.4. The Morgan fingerprint density at radius 1 is 1.11 bits per heavy atom. The summed E-state index contributed by atoms with van der Waals surface area (Å²) in [6.45, 7) is 1.86. The van der Waals surface area contributed by atoms with Crippen molar-refractivity contribution in [3.05, 3.63) is 59.9 Å². The van der Waals surface area contributed by atoms with Gasteiger partial charge in [0.1, 0.15) is 11.5 Å². The number of fused-ring (bicyclic) bond motifs is 1. The van der Waals surface area contributed by atoms with Gasteiger partial charge in [-0.2, -0.15) is 0 Å². The maximum Gasteiger partial charge on any atom is 0.336 e. The van der Waals surface area contributed by atoms with E-state index in [1.165, 1.54) is 0 Å². The number of carboxylic acid groups (broad SMARTS) is 1. The smallest absolute Gasteiger partial charge is 0.336 e. The molecule has 0 unspecified atom stereocenters. The number of hydrogen-bond acceptors (Lipinski definition) is 2. The number of hydrogen-bond donors (Lipinski definition) is 1. The molecule has 0 spiro atoms. The topological polar surface area (TPSA) is 50.4 Å². The molecule has 0 saturated carbocycles. The lowest BCUT2D eigenvalue weighted by molar-refractivity contribution is 0.0699. The van der Waals surface area contributed by atoms with Crippen molar-refractivity contribution >= 4 is 16.7 Å². The van der Waals surface area contributed by atoms with E-state index < -0.39 is 5.97 Å². The van der Waals surface area contributed by atoms with E-state index in [2.05, 4.69) is 0 Å². The average molecular weight is 252 g/mol. The number of carbonyl (C=O) groups is 1. The minimum absolute atomic E-state index is 0.294. The number of benzene rings is 2. The lowest BCUT2D eigenvalue weighted by atomic mass is 10.00. The van der Waals surface area contributed by atoms with Crippen LogP contribution in [0.2, 0.25) is 0 Å². The molecule has 1 heterocycles. The first-order chi connectivity index (χ1) is 9.15. The third-order valence-corrected chi connectivity index (χ3v) is 3.12. The standard InChI is InChI=1S/C16H12O3/c1-10-6-7-15(19-10)12-8-11-4-2-3-5-13(11)14(9-12)16(17)18/h2-9H,1H3,(H,17,18). The van der Waals surface area contributed by atoms with Crippen LogP contribution < -0.4 is 0 Å². The molecule has 1 aromatic heterocycles. The Kier molecular flexibility index (Phi) is 2.60. The maximum atomic E-state index is 11.4. The van der Waals surface area contributed by atoms with Crippen LogP contribution in [-0.2, 0) is 0 Å². The first kappa shape index (κ1) is 11.5. The Morgan fingerprint density at radius 3 is 2.58 bits per heavy atom. The Bertz CT molecular complexity index is 769. The molecule has 19 heavy (non-hydrogen) atoms.